The van der Waals surface area contributed by atoms with Gasteiger partial charge in [-0.1, -0.05) is 24.1 Å². The second-order valence-electron chi connectivity index (χ2n) is 4.70. The number of nitrogens with one attached hydrogen (secondary N) is 1. The SMILES string of the molecule is Cc1cc(C)cc(-c2cnc(C(C)CN)[nH]2)c1. The summed E-state index contributed by atoms with van der Waals surface area (Å²) in [5.74, 6) is 1.23. The Hall–Kier alpha value is -1.61. The van der Waals surface area contributed by atoms with Crippen molar-refractivity contribution in [2.75, 3.05) is 6.54 Å². The van der Waals surface area contributed by atoms with E-state index in [1.165, 1.54) is 16.7 Å². The fourth-order valence-electron chi connectivity index (χ4n) is 1.98. The minimum atomic E-state index is 0.273. The lowest BCUT2D eigenvalue weighted by molar-refractivity contribution is 0.725. The molecule has 3 heteroatoms. The molecule has 0 bridgehead atoms. The normalized spacial score (nSPS) is 12.7. The minimum absolute atomic E-state index is 0.273. The Morgan fingerprint density at radius 2 is 1.88 bits per heavy atom. The molecule has 1 unspecified atom stereocenters. The first kappa shape index (κ1) is 11.9. The number of hydrogen-bond acceptors (Lipinski definition) is 2. The maximum atomic E-state index is 5.64. The Bertz CT molecular complexity index is 494. The molecule has 0 aliphatic carbocycles. The van der Waals surface area contributed by atoms with Crippen molar-refractivity contribution in [3.05, 3.63) is 41.3 Å². The molecule has 0 spiro atoms. The highest BCUT2D eigenvalue weighted by Gasteiger charge is 2.09. The largest absolute Gasteiger partial charge is 0.342 e. The minimum Gasteiger partial charge on any atom is -0.342 e. The van der Waals surface area contributed by atoms with Gasteiger partial charge in [0.15, 0.2) is 0 Å². The summed E-state index contributed by atoms with van der Waals surface area (Å²) < 4.78 is 0. The summed E-state index contributed by atoms with van der Waals surface area (Å²) >= 11 is 0. The molecule has 0 radical (unpaired) electrons. The zero-order valence-corrected chi connectivity index (χ0v) is 10.6. The van der Waals surface area contributed by atoms with Crippen molar-refractivity contribution in [1.82, 2.24) is 9.97 Å². The van der Waals surface area contributed by atoms with Gasteiger partial charge in [-0.3, -0.25) is 0 Å². The molecule has 3 N–H and O–H groups in total. The van der Waals surface area contributed by atoms with Gasteiger partial charge in [0, 0.05) is 18.0 Å². The number of aromatic nitrogens is 2. The first-order chi connectivity index (χ1) is 8.10. The van der Waals surface area contributed by atoms with Gasteiger partial charge in [0.1, 0.15) is 5.82 Å². The maximum absolute atomic E-state index is 5.64. The van der Waals surface area contributed by atoms with Gasteiger partial charge in [-0.05, 0) is 26.0 Å². The second kappa shape index (κ2) is 4.72. The van der Waals surface area contributed by atoms with Crippen LogP contribution in [0.3, 0.4) is 0 Å². The van der Waals surface area contributed by atoms with Crippen LogP contribution in [0.15, 0.2) is 24.4 Å². The molecule has 3 nitrogen and oxygen atoms in total. The molecule has 0 aliphatic rings. The fourth-order valence-corrected chi connectivity index (χ4v) is 1.98. The molecule has 0 saturated carbocycles. The monoisotopic (exact) mass is 229 g/mol. The van der Waals surface area contributed by atoms with E-state index in [-0.39, 0.29) is 5.92 Å². The first-order valence-electron chi connectivity index (χ1n) is 5.94. The quantitative estimate of drug-likeness (QED) is 0.850. The van der Waals surface area contributed by atoms with Gasteiger partial charge in [-0.15, -0.1) is 0 Å². The Morgan fingerprint density at radius 3 is 2.47 bits per heavy atom. The van der Waals surface area contributed by atoms with E-state index in [2.05, 4.69) is 48.9 Å². The summed E-state index contributed by atoms with van der Waals surface area (Å²) in [4.78, 5) is 7.73. The molecule has 1 aromatic heterocycles. The Kier molecular flexibility index (Phi) is 3.29. The average Bonchev–Trinajstić information content (AvgIpc) is 2.76. The van der Waals surface area contributed by atoms with Crippen molar-refractivity contribution < 1.29 is 0 Å². The van der Waals surface area contributed by atoms with Gasteiger partial charge in [-0.2, -0.15) is 0 Å². The average molecular weight is 229 g/mol. The molecule has 0 fully saturated rings. The van der Waals surface area contributed by atoms with E-state index in [9.17, 15) is 0 Å². The summed E-state index contributed by atoms with van der Waals surface area (Å²) in [5, 5.41) is 0. The Balaban J connectivity index is 2.36. The predicted molar refractivity (Wildman–Crippen MR) is 71.0 cm³/mol. The highest BCUT2D eigenvalue weighted by atomic mass is 14.9. The number of benzene rings is 1. The van der Waals surface area contributed by atoms with Crippen molar-refractivity contribution in [1.29, 1.82) is 0 Å². The lowest BCUT2D eigenvalue weighted by Crippen LogP contribution is -2.10. The maximum Gasteiger partial charge on any atom is 0.110 e. The third kappa shape index (κ3) is 2.56. The highest BCUT2D eigenvalue weighted by Crippen LogP contribution is 2.22. The zero-order valence-electron chi connectivity index (χ0n) is 10.6. The van der Waals surface area contributed by atoms with Crippen molar-refractivity contribution in [2.24, 2.45) is 5.73 Å². The topological polar surface area (TPSA) is 54.7 Å². The van der Waals surface area contributed by atoms with E-state index in [0.717, 1.165) is 11.5 Å². The van der Waals surface area contributed by atoms with E-state index in [4.69, 9.17) is 5.73 Å². The Labute approximate surface area is 102 Å². The number of imidazole rings is 1. The molecular formula is C14H19N3. The second-order valence-corrected chi connectivity index (χ2v) is 4.70. The molecule has 1 atom stereocenters. The molecule has 90 valence electrons. The summed E-state index contributed by atoms with van der Waals surface area (Å²) in [6.45, 7) is 6.90. The van der Waals surface area contributed by atoms with Crippen LogP contribution < -0.4 is 5.73 Å². The van der Waals surface area contributed by atoms with Crippen LogP contribution in [0.25, 0.3) is 11.3 Å². The van der Waals surface area contributed by atoms with Crippen LogP contribution in [-0.2, 0) is 0 Å². The molecule has 2 aromatic rings. The summed E-state index contributed by atoms with van der Waals surface area (Å²) in [7, 11) is 0. The lowest BCUT2D eigenvalue weighted by atomic mass is 10.1. The summed E-state index contributed by atoms with van der Waals surface area (Å²) in [6, 6.07) is 6.50. The van der Waals surface area contributed by atoms with Crippen LogP contribution >= 0.6 is 0 Å². The fraction of sp³-hybridized carbons (Fsp3) is 0.357. The molecule has 2 rings (SSSR count). The van der Waals surface area contributed by atoms with Crippen LogP contribution in [0.4, 0.5) is 0 Å². The first-order valence-corrected chi connectivity index (χ1v) is 5.94. The molecule has 0 amide bonds. The van der Waals surface area contributed by atoms with Crippen molar-refractivity contribution in [2.45, 2.75) is 26.7 Å². The molecule has 1 heterocycles. The van der Waals surface area contributed by atoms with Crippen molar-refractivity contribution in [3.8, 4) is 11.3 Å². The molecule has 1 aromatic carbocycles. The van der Waals surface area contributed by atoms with Gasteiger partial charge in [0.2, 0.25) is 0 Å². The van der Waals surface area contributed by atoms with Gasteiger partial charge >= 0.3 is 0 Å². The zero-order chi connectivity index (χ0) is 12.4. The van der Waals surface area contributed by atoms with E-state index >= 15 is 0 Å². The number of nitrogens with two attached hydrogens (primary N) is 1. The van der Waals surface area contributed by atoms with Crippen LogP contribution in [0.1, 0.15) is 29.8 Å². The number of nitrogens with zero attached hydrogens (tertiary/aromatic N) is 1. The summed E-state index contributed by atoms with van der Waals surface area (Å²) in [6.07, 6.45) is 1.88. The number of H-pyrrole nitrogens is 1. The van der Waals surface area contributed by atoms with Crippen LogP contribution in [0.5, 0.6) is 0 Å². The number of aryl methyl sites for hydroxylation is 2. The predicted octanol–water partition coefficient (Wildman–Crippen LogP) is 2.76. The molecular weight excluding hydrogens is 210 g/mol. The van der Waals surface area contributed by atoms with Crippen LogP contribution in [0, 0.1) is 13.8 Å². The molecule has 0 aliphatic heterocycles. The third-order valence-electron chi connectivity index (χ3n) is 2.95. The third-order valence-corrected chi connectivity index (χ3v) is 2.95. The van der Waals surface area contributed by atoms with Crippen molar-refractivity contribution >= 4 is 0 Å². The standard InChI is InChI=1S/C14H19N3/c1-9-4-10(2)6-12(5-9)13-8-16-14(17-13)11(3)7-15/h4-6,8,11H,7,15H2,1-3H3,(H,16,17). The summed E-state index contributed by atoms with van der Waals surface area (Å²) in [5.41, 5.74) is 10.4. The van der Waals surface area contributed by atoms with Gasteiger partial charge in [-0.25, -0.2) is 4.98 Å². The van der Waals surface area contributed by atoms with E-state index in [0.29, 0.717) is 6.54 Å². The van der Waals surface area contributed by atoms with Crippen molar-refractivity contribution in [3.63, 3.8) is 0 Å². The van der Waals surface area contributed by atoms with E-state index in [1.54, 1.807) is 0 Å². The van der Waals surface area contributed by atoms with Gasteiger partial charge in [0.25, 0.3) is 0 Å². The number of rotatable bonds is 3. The lowest BCUT2D eigenvalue weighted by Gasteiger charge is -2.04. The number of aromatic amines is 1. The highest BCUT2D eigenvalue weighted by molar-refractivity contribution is 5.60. The van der Waals surface area contributed by atoms with Crippen LogP contribution in [0.2, 0.25) is 0 Å². The molecule has 0 saturated heterocycles. The van der Waals surface area contributed by atoms with E-state index in [1.807, 2.05) is 6.20 Å². The Morgan fingerprint density at radius 1 is 1.24 bits per heavy atom. The van der Waals surface area contributed by atoms with Crippen LogP contribution in [-0.4, -0.2) is 16.5 Å². The van der Waals surface area contributed by atoms with E-state index < -0.39 is 0 Å². The van der Waals surface area contributed by atoms with Gasteiger partial charge < -0.3 is 10.7 Å². The number of hydrogen-bond donors (Lipinski definition) is 2. The smallest absolute Gasteiger partial charge is 0.110 e. The van der Waals surface area contributed by atoms with Gasteiger partial charge in [0.05, 0.1) is 11.9 Å². The molecule has 17 heavy (non-hydrogen) atoms.